The summed E-state index contributed by atoms with van der Waals surface area (Å²) in [5.74, 6) is 3.29. The first-order chi connectivity index (χ1) is 10.3. The fourth-order valence-corrected chi connectivity index (χ4v) is 4.73. The summed E-state index contributed by atoms with van der Waals surface area (Å²) in [6.45, 7) is 4.63. The summed E-state index contributed by atoms with van der Waals surface area (Å²) in [6, 6.07) is 9.50. The maximum atomic E-state index is 6.64. The number of fused-ring (bicyclic) bond motifs is 3. The van der Waals surface area contributed by atoms with Crippen molar-refractivity contribution in [1.82, 2.24) is 0 Å². The van der Waals surface area contributed by atoms with Crippen molar-refractivity contribution in [3.05, 3.63) is 35.4 Å². The van der Waals surface area contributed by atoms with Gasteiger partial charge in [-0.3, -0.25) is 0 Å². The number of rotatable bonds is 7. The second-order valence-corrected chi connectivity index (χ2v) is 7.32. The molecule has 1 heteroatoms. The van der Waals surface area contributed by atoms with Crippen LogP contribution in [0.2, 0.25) is 0 Å². The van der Waals surface area contributed by atoms with Gasteiger partial charge in [0.2, 0.25) is 0 Å². The third-order valence-corrected chi connectivity index (χ3v) is 6.03. The van der Waals surface area contributed by atoms with Gasteiger partial charge in [0.1, 0.15) is 0 Å². The van der Waals surface area contributed by atoms with Gasteiger partial charge in [-0.05, 0) is 54.1 Å². The highest BCUT2D eigenvalue weighted by molar-refractivity contribution is 5.39. The Morgan fingerprint density at radius 3 is 2.81 bits per heavy atom. The predicted octanol–water partition coefficient (Wildman–Crippen LogP) is 4.90. The lowest BCUT2D eigenvalue weighted by Gasteiger charge is -2.20. The van der Waals surface area contributed by atoms with Gasteiger partial charge in [0, 0.05) is 6.04 Å². The number of hydrogen-bond acceptors (Lipinski definition) is 1. The van der Waals surface area contributed by atoms with Gasteiger partial charge < -0.3 is 5.73 Å². The number of nitrogens with two attached hydrogens (primary N) is 1. The highest BCUT2D eigenvalue weighted by Crippen LogP contribution is 2.61. The van der Waals surface area contributed by atoms with Gasteiger partial charge in [-0.1, -0.05) is 63.8 Å². The Morgan fingerprint density at radius 2 is 2.05 bits per heavy atom. The van der Waals surface area contributed by atoms with E-state index >= 15 is 0 Å². The summed E-state index contributed by atoms with van der Waals surface area (Å²) in [6.07, 6.45) is 9.24. The fourth-order valence-electron chi connectivity index (χ4n) is 4.73. The average molecular weight is 285 g/mol. The van der Waals surface area contributed by atoms with Crippen LogP contribution in [0, 0.1) is 17.8 Å². The van der Waals surface area contributed by atoms with E-state index in [1.807, 2.05) is 0 Å². The molecular weight excluding hydrogens is 254 g/mol. The first-order valence-electron chi connectivity index (χ1n) is 9.09. The lowest BCUT2D eigenvalue weighted by Crippen LogP contribution is -2.27. The van der Waals surface area contributed by atoms with E-state index in [4.69, 9.17) is 5.73 Å². The van der Waals surface area contributed by atoms with Gasteiger partial charge in [0.25, 0.3) is 0 Å². The lowest BCUT2D eigenvalue weighted by atomic mass is 9.89. The molecule has 1 saturated carbocycles. The molecule has 0 bridgehead atoms. The molecular formula is C20H31N. The normalized spacial score (nSPS) is 29.4. The third kappa shape index (κ3) is 3.04. The van der Waals surface area contributed by atoms with E-state index < -0.39 is 0 Å². The molecule has 0 heterocycles. The minimum Gasteiger partial charge on any atom is -0.327 e. The molecule has 116 valence electrons. The molecule has 0 aliphatic heterocycles. The molecule has 1 aromatic carbocycles. The third-order valence-electron chi connectivity index (χ3n) is 6.03. The largest absolute Gasteiger partial charge is 0.327 e. The summed E-state index contributed by atoms with van der Waals surface area (Å²) < 4.78 is 0. The van der Waals surface area contributed by atoms with E-state index in [0.29, 0.717) is 6.04 Å². The van der Waals surface area contributed by atoms with Crippen molar-refractivity contribution in [1.29, 1.82) is 0 Å². The highest BCUT2D eigenvalue weighted by Gasteiger charge is 2.55. The van der Waals surface area contributed by atoms with Crippen molar-refractivity contribution in [2.75, 3.05) is 0 Å². The average Bonchev–Trinajstić information content (AvgIpc) is 3.26. The first kappa shape index (κ1) is 15.1. The number of unbranched alkanes of at least 4 members (excludes halogenated alkanes) is 1. The summed E-state index contributed by atoms with van der Waals surface area (Å²) >= 11 is 0. The van der Waals surface area contributed by atoms with E-state index in [-0.39, 0.29) is 0 Å². The van der Waals surface area contributed by atoms with E-state index in [9.17, 15) is 0 Å². The van der Waals surface area contributed by atoms with E-state index in [1.165, 1.54) is 44.9 Å². The second-order valence-electron chi connectivity index (χ2n) is 7.32. The lowest BCUT2D eigenvalue weighted by molar-refractivity contribution is 0.358. The highest BCUT2D eigenvalue weighted by atomic mass is 14.7. The minimum atomic E-state index is 0.424. The molecule has 2 aliphatic rings. The van der Waals surface area contributed by atoms with Gasteiger partial charge in [0.05, 0.1) is 0 Å². The number of benzene rings is 1. The Morgan fingerprint density at radius 1 is 1.24 bits per heavy atom. The number of aryl methyl sites for hydroxylation is 1. The van der Waals surface area contributed by atoms with E-state index in [2.05, 4.69) is 38.1 Å². The van der Waals surface area contributed by atoms with Crippen LogP contribution in [0.25, 0.3) is 0 Å². The van der Waals surface area contributed by atoms with Crippen molar-refractivity contribution in [2.24, 2.45) is 23.5 Å². The summed E-state index contributed by atoms with van der Waals surface area (Å²) in [4.78, 5) is 0. The maximum absolute atomic E-state index is 6.64. The quantitative estimate of drug-likeness (QED) is 0.758. The molecule has 1 fully saturated rings. The van der Waals surface area contributed by atoms with Crippen LogP contribution in [-0.2, 0) is 6.42 Å². The molecule has 1 aromatic rings. The van der Waals surface area contributed by atoms with Crippen LogP contribution in [0.5, 0.6) is 0 Å². The van der Waals surface area contributed by atoms with Gasteiger partial charge >= 0.3 is 0 Å². The molecule has 5 atom stereocenters. The Labute approximate surface area is 130 Å². The predicted molar refractivity (Wildman–Crippen MR) is 90.4 cm³/mol. The zero-order valence-electron chi connectivity index (χ0n) is 13.7. The van der Waals surface area contributed by atoms with Crippen LogP contribution >= 0.6 is 0 Å². The smallest absolute Gasteiger partial charge is 0.00786 e. The van der Waals surface area contributed by atoms with Crippen LogP contribution in [0.3, 0.4) is 0 Å². The van der Waals surface area contributed by atoms with Crippen molar-refractivity contribution in [2.45, 2.75) is 70.8 Å². The Kier molecular flexibility index (Phi) is 4.69. The van der Waals surface area contributed by atoms with Gasteiger partial charge in [-0.25, -0.2) is 0 Å². The molecule has 3 rings (SSSR count). The van der Waals surface area contributed by atoms with Crippen molar-refractivity contribution >= 4 is 0 Å². The zero-order valence-corrected chi connectivity index (χ0v) is 13.7. The molecule has 21 heavy (non-hydrogen) atoms. The molecule has 0 spiro atoms. The standard InChI is InChI=1S/C20H31N/c1-3-5-8-14(4-2)13-18(21)20-17-12-11-15-9-6-7-10-16(15)19(17)20/h6-7,9-10,14,17-20H,3-5,8,11-13,21H2,1-2H3. The SMILES string of the molecule is CCCCC(CC)CC(N)C1C2CCc3ccccc3C21. The molecule has 0 aromatic heterocycles. The maximum Gasteiger partial charge on any atom is 0.00786 e. The van der Waals surface area contributed by atoms with Crippen molar-refractivity contribution in [3.8, 4) is 0 Å². The van der Waals surface area contributed by atoms with Crippen LogP contribution in [0.15, 0.2) is 24.3 Å². The molecule has 2 N–H and O–H groups in total. The van der Waals surface area contributed by atoms with Crippen molar-refractivity contribution < 1.29 is 0 Å². The molecule has 0 saturated heterocycles. The van der Waals surface area contributed by atoms with Gasteiger partial charge in [-0.2, -0.15) is 0 Å². The topological polar surface area (TPSA) is 26.0 Å². The summed E-state index contributed by atoms with van der Waals surface area (Å²) in [5.41, 5.74) is 9.85. The molecule has 0 amide bonds. The Balaban J connectivity index is 1.62. The van der Waals surface area contributed by atoms with Crippen LogP contribution in [-0.4, -0.2) is 6.04 Å². The first-order valence-corrected chi connectivity index (χ1v) is 9.09. The minimum absolute atomic E-state index is 0.424. The van der Waals surface area contributed by atoms with E-state index in [0.717, 1.165) is 23.7 Å². The van der Waals surface area contributed by atoms with Crippen LogP contribution < -0.4 is 5.73 Å². The Hall–Kier alpha value is -0.820. The Bertz CT molecular complexity index is 467. The molecule has 2 aliphatic carbocycles. The molecule has 5 unspecified atom stereocenters. The zero-order chi connectivity index (χ0) is 14.8. The summed E-state index contributed by atoms with van der Waals surface area (Å²) in [7, 11) is 0. The molecule has 0 radical (unpaired) electrons. The fraction of sp³-hybridized carbons (Fsp3) is 0.700. The second kappa shape index (κ2) is 6.52. The number of hydrogen-bond donors (Lipinski definition) is 1. The monoisotopic (exact) mass is 285 g/mol. The van der Waals surface area contributed by atoms with Crippen LogP contribution in [0.1, 0.15) is 69.4 Å². The van der Waals surface area contributed by atoms with Gasteiger partial charge in [-0.15, -0.1) is 0 Å². The van der Waals surface area contributed by atoms with Crippen LogP contribution in [0.4, 0.5) is 0 Å². The van der Waals surface area contributed by atoms with Crippen molar-refractivity contribution in [3.63, 3.8) is 0 Å². The van der Waals surface area contributed by atoms with E-state index in [1.54, 1.807) is 11.1 Å². The summed E-state index contributed by atoms with van der Waals surface area (Å²) in [5, 5.41) is 0. The van der Waals surface area contributed by atoms with Gasteiger partial charge in [0.15, 0.2) is 0 Å². The molecule has 1 nitrogen and oxygen atoms in total.